The van der Waals surface area contributed by atoms with Gasteiger partial charge in [-0.2, -0.15) is 5.10 Å². The number of primary amides is 1. The summed E-state index contributed by atoms with van der Waals surface area (Å²) in [5.41, 5.74) is 12.7. The second-order valence-electron chi connectivity index (χ2n) is 5.66. The molecule has 1 heterocycles. The lowest BCUT2D eigenvalue weighted by Crippen LogP contribution is -2.17. The zero-order valence-electron chi connectivity index (χ0n) is 13.7. The van der Waals surface area contributed by atoms with Gasteiger partial charge in [-0.25, -0.2) is 4.68 Å². The molecule has 4 N–H and O–H groups in total. The number of aromatic nitrogens is 2. The van der Waals surface area contributed by atoms with Gasteiger partial charge < -0.3 is 11.5 Å². The number of carbonyl (C=O) groups is 1. The first-order valence-corrected chi connectivity index (χ1v) is 8.23. The highest BCUT2D eigenvalue weighted by molar-refractivity contribution is 5.98. The summed E-state index contributed by atoms with van der Waals surface area (Å²) in [7, 11) is 0. The molecule has 0 aromatic carbocycles. The van der Waals surface area contributed by atoms with Crippen molar-refractivity contribution in [2.45, 2.75) is 78.2 Å². The van der Waals surface area contributed by atoms with Crippen LogP contribution in [0.3, 0.4) is 0 Å². The quantitative estimate of drug-likeness (QED) is 0.648. The summed E-state index contributed by atoms with van der Waals surface area (Å²) in [5, 5.41) is 4.56. The molecule has 1 amide bonds. The average Bonchev–Trinajstić information content (AvgIpc) is 2.79. The van der Waals surface area contributed by atoms with E-state index in [0.717, 1.165) is 25.0 Å². The summed E-state index contributed by atoms with van der Waals surface area (Å²) in [5.74, 6) is -0.0369. The fourth-order valence-electron chi connectivity index (χ4n) is 2.82. The van der Waals surface area contributed by atoms with E-state index in [9.17, 15) is 4.79 Å². The minimum Gasteiger partial charge on any atom is -0.383 e. The van der Waals surface area contributed by atoms with Gasteiger partial charge in [0.25, 0.3) is 5.91 Å². The van der Waals surface area contributed by atoms with E-state index < -0.39 is 5.91 Å². The molecule has 1 unspecified atom stereocenters. The predicted molar refractivity (Wildman–Crippen MR) is 87.2 cm³/mol. The van der Waals surface area contributed by atoms with Crippen LogP contribution in [0.4, 0.5) is 5.82 Å². The Hall–Kier alpha value is -1.52. The van der Waals surface area contributed by atoms with Crippen LogP contribution in [0, 0.1) is 0 Å². The monoisotopic (exact) mass is 294 g/mol. The summed E-state index contributed by atoms with van der Waals surface area (Å²) in [6.45, 7) is 6.34. The standard InChI is InChI=1S/C16H30N4O/c1-4-7-8-9-11-12(10-5-2)20-15(17)14(16(18)21)13(6-3)19-20/h12H,4-11,17H2,1-3H3,(H2,18,21). The first-order chi connectivity index (χ1) is 10.1. The van der Waals surface area contributed by atoms with Crippen LogP contribution in [-0.2, 0) is 6.42 Å². The van der Waals surface area contributed by atoms with E-state index in [0.29, 0.717) is 17.8 Å². The van der Waals surface area contributed by atoms with Gasteiger partial charge in [0, 0.05) is 0 Å². The van der Waals surface area contributed by atoms with E-state index in [1.807, 2.05) is 11.6 Å². The summed E-state index contributed by atoms with van der Waals surface area (Å²) < 4.78 is 1.84. The van der Waals surface area contributed by atoms with Crippen molar-refractivity contribution in [3.05, 3.63) is 11.3 Å². The minimum absolute atomic E-state index is 0.269. The fourth-order valence-corrected chi connectivity index (χ4v) is 2.82. The summed E-state index contributed by atoms with van der Waals surface area (Å²) in [6, 6.07) is 0.269. The van der Waals surface area contributed by atoms with Crippen molar-refractivity contribution in [3.8, 4) is 0 Å². The molecule has 120 valence electrons. The van der Waals surface area contributed by atoms with Gasteiger partial charge in [-0.15, -0.1) is 0 Å². The SMILES string of the molecule is CCCCCCC(CCC)n1nc(CC)c(C(N)=O)c1N. The molecule has 0 saturated heterocycles. The third-order valence-corrected chi connectivity index (χ3v) is 3.96. The molecule has 5 heteroatoms. The molecule has 1 rings (SSSR count). The van der Waals surface area contributed by atoms with Crippen molar-refractivity contribution in [2.75, 3.05) is 5.73 Å². The van der Waals surface area contributed by atoms with Gasteiger partial charge in [0.05, 0.1) is 11.7 Å². The average molecular weight is 294 g/mol. The van der Waals surface area contributed by atoms with E-state index >= 15 is 0 Å². The molecule has 0 saturated carbocycles. The molecule has 0 spiro atoms. The maximum atomic E-state index is 11.6. The molecule has 0 aliphatic carbocycles. The highest BCUT2D eigenvalue weighted by Crippen LogP contribution is 2.27. The smallest absolute Gasteiger partial charge is 0.254 e. The lowest BCUT2D eigenvalue weighted by atomic mass is 10.0. The van der Waals surface area contributed by atoms with E-state index in [4.69, 9.17) is 11.5 Å². The van der Waals surface area contributed by atoms with Crippen molar-refractivity contribution in [1.82, 2.24) is 9.78 Å². The van der Waals surface area contributed by atoms with Crippen LogP contribution in [0.5, 0.6) is 0 Å². The maximum absolute atomic E-state index is 11.6. The number of hydrogen-bond acceptors (Lipinski definition) is 3. The first-order valence-electron chi connectivity index (χ1n) is 8.23. The van der Waals surface area contributed by atoms with Gasteiger partial charge in [-0.1, -0.05) is 52.9 Å². The number of rotatable bonds is 10. The van der Waals surface area contributed by atoms with Crippen LogP contribution >= 0.6 is 0 Å². The summed E-state index contributed by atoms with van der Waals surface area (Å²) >= 11 is 0. The van der Waals surface area contributed by atoms with Gasteiger partial charge in [-0.05, 0) is 19.3 Å². The zero-order valence-corrected chi connectivity index (χ0v) is 13.7. The molecule has 21 heavy (non-hydrogen) atoms. The Balaban J connectivity index is 2.94. The van der Waals surface area contributed by atoms with Crippen molar-refractivity contribution >= 4 is 11.7 Å². The number of amides is 1. The number of anilines is 1. The Bertz CT molecular complexity index is 453. The van der Waals surface area contributed by atoms with Crippen molar-refractivity contribution < 1.29 is 4.79 Å². The normalized spacial score (nSPS) is 12.5. The number of unbranched alkanes of at least 4 members (excludes halogenated alkanes) is 3. The fraction of sp³-hybridized carbons (Fsp3) is 0.750. The molecule has 0 fully saturated rings. The first kappa shape index (κ1) is 17.5. The largest absolute Gasteiger partial charge is 0.383 e. The van der Waals surface area contributed by atoms with Crippen molar-refractivity contribution in [1.29, 1.82) is 0 Å². The molecule has 1 aromatic rings. The van der Waals surface area contributed by atoms with Gasteiger partial charge in [0.2, 0.25) is 0 Å². The summed E-state index contributed by atoms with van der Waals surface area (Å²) in [4.78, 5) is 11.6. The van der Waals surface area contributed by atoms with Crippen LogP contribution in [0.1, 0.15) is 87.8 Å². The van der Waals surface area contributed by atoms with Gasteiger partial charge in [0.1, 0.15) is 11.4 Å². The predicted octanol–water partition coefficient (Wildman–Crippen LogP) is 3.44. The number of nitrogens with zero attached hydrogens (tertiary/aromatic N) is 2. The molecule has 1 atom stereocenters. The van der Waals surface area contributed by atoms with Crippen LogP contribution < -0.4 is 11.5 Å². The molecule has 1 aromatic heterocycles. The Labute approximate surface area is 128 Å². The topological polar surface area (TPSA) is 86.9 Å². The second kappa shape index (κ2) is 8.70. The Morgan fingerprint density at radius 1 is 1.14 bits per heavy atom. The Kier molecular flexibility index (Phi) is 7.26. The number of nitrogens with two attached hydrogens (primary N) is 2. The lowest BCUT2D eigenvalue weighted by Gasteiger charge is -2.18. The van der Waals surface area contributed by atoms with Crippen LogP contribution in [0.15, 0.2) is 0 Å². The third-order valence-electron chi connectivity index (χ3n) is 3.96. The van der Waals surface area contributed by atoms with Crippen molar-refractivity contribution in [2.24, 2.45) is 5.73 Å². The lowest BCUT2D eigenvalue weighted by molar-refractivity contribution is 0.1000. The van der Waals surface area contributed by atoms with Crippen LogP contribution in [0.25, 0.3) is 0 Å². The highest BCUT2D eigenvalue weighted by atomic mass is 16.1. The molecule has 0 aliphatic rings. The highest BCUT2D eigenvalue weighted by Gasteiger charge is 2.22. The summed E-state index contributed by atoms with van der Waals surface area (Å²) in [6.07, 6.45) is 8.73. The molecule has 5 nitrogen and oxygen atoms in total. The number of carbonyl (C=O) groups excluding carboxylic acids is 1. The van der Waals surface area contributed by atoms with E-state index in [2.05, 4.69) is 18.9 Å². The van der Waals surface area contributed by atoms with Gasteiger partial charge in [0.15, 0.2) is 0 Å². The molecular weight excluding hydrogens is 264 g/mol. The van der Waals surface area contributed by atoms with Gasteiger partial charge >= 0.3 is 0 Å². The third kappa shape index (κ3) is 4.48. The van der Waals surface area contributed by atoms with Crippen LogP contribution in [-0.4, -0.2) is 15.7 Å². The zero-order chi connectivity index (χ0) is 15.8. The Morgan fingerprint density at radius 2 is 1.86 bits per heavy atom. The van der Waals surface area contributed by atoms with E-state index in [1.165, 1.54) is 25.7 Å². The number of aryl methyl sites for hydroxylation is 1. The maximum Gasteiger partial charge on any atom is 0.254 e. The van der Waals surface area contributed by atoms with Crippen molar-refractivity contribution in [3.63, 3.8) is 0 Å². The van der Waals surface area contributed by atoms with Gasteiger partial charge in [-0.3, -0.25) is 4.79 Å². The van der Waals surface area contributed by atoms with E-state index in [1.54, 1.807) is 0 Å². The number of hydrogen-bond donors (Lipinski definition) is 2. The molecular formula is C16H30N4O. The molecule has 0 radical (unpaired) electrons. The Morgan fingerprint density at radius 3 is 2.33 bits per heavy atom. The molecule has 0 bridgehead atoms. The number of nitrogen functional groups attached to an aromatic ring is 1. The van der Waals surface area contributed by atoms with Crippen LogP contribution in [0.2, 0.25) is 0 Å². The second-order valence-corrected chi connectivity index (χ2v) is 5.66. The molecule has 0 aliphatic heterocycles. The minimum atomic E-state index is -0.475. The van der Waals surface area contributed by atoms with E-state index in [-0.39, 0.29) is 6.04 Å².